The molecule has 38 heavy (non-hydrogen) atoms. The quantitative estimate of drug-likeness (QED) is 0.300. The van der Waals surface area contributed by atoms with Crippen molar-refractivity contribution in [1.29, 1.82) is 0 Å². The number of ether oxygens (including phenoxy) is 5. The monoisotopic (exact) mass is 518 g/mol. The second-order valence-corrected chi connectivity index (χ2v) is 8.85. The maximum Gasteiger partial charge on any atom is 0.312 e. The summed E-state index contributed by atoms with van der Waals surface area (Å²) in [4.78, 5) is 25.8. The van der Waals surface area contributed by atoms with E-state index in [0.717, 1.165) is 0 Å². The van der Waals surface area contributed by atoms with E-state index in [-0.39, 0.29) is 46.1 Å². The number of esters is 1. The molecule has 6 rings (SSSR count). The Labute approximate surface area is 215 Å². The fourth-order valence-electron chi connectivity index (χ4n) is 4.92. The smallest absolute Gasteiger partial charge is 0.312 e. The molecule has 10 heteroatoms. The number of rotatable bonds is 4. The molecule has 194 valence electrons. The van der Waals surface area contributed by atoms with E-state index < -0.39 is 17.3 Å². The molecule has 0 saturated heterocycles. The SMILES string of the molecule is COc1ccc(-c2cc(=O)c3c(O)cc4c(c3o2)[C@H](c2cc(OC)c3c(c2)OCCO3)CC(=O)O4)cc1O. The number of carbonyl (C=O) groups excluding carboxylic acids is 1. The number of carbonyl (C=O) groups is 1. The van der Waals surface area contributed by atoms with Gasteiger partial charge in [0.2, 0.25) is 5.75 Å². The third-order valence-electron chi connectivity index (χ3n) is 6.64. The molecule has 3 heterocycles. The molecule has 0 radical (unpaired) electrons. The minimum absolute atomic E-state index is 0.0577. The van der Waals surface area contributed by atoms with Gasteiger partial charge in [0.05, 0.1) is 20.6 Å². The molecule has 2 N–H and O–H groups in total. The molecule has 0 amide bonds. The summed E-state index contributed by atoms with van der Waals surface area (Å²) in [6.45, 7) is 0.729. The summed E-state index contributed by atoms with van der Waals surface area (Å²) < 4.78 is 33.8. The maximum atomic E-state index is 13.2. The molecule has 4 aromatic rings. The Bertz CT molecular complexity index is 1650. The van der Waals surface area contributed by atoms with Crippen molar-refractivity contribution < 1.29 is 43.1 Å². The van der Waals surface area contributed by atoms with Gasteiger partial charge in [-0.3, -0.25) is 9.59 Å². The van der Waals surface area contributed by atoms with Crippen LogP contribution in [-0.2, 0) is 4.79 Å². The first-order valence-electron chi connectivity index (χ1n) is 11.8. The number of phenolic OH excluding ortho intramolecular Hbond substituents is 2. The Hall–Kier alpha value is -4.86. The Balaban J connectivity index is 1.60. The van der Waals surface area contributed by atoms with E-state index in [1.165, 1.54) is 32.4 Å². The molecular weight excluding hydrogens is 496 g/mol. The molecule has 2 aliphatic heterocycles. The largest absolute Gasteiger partial charge is 0.507 e. The molecule has 0 bridgehead atoms. The first-order valence-corrected chi connectivity index (χ1v) is 11.8. The molecule has 10 nitrogen and oxygen atoms in total. The fourth-order valence-corrected chi connectivity index (χ4v) is 4.92. The number of fused-ring (bicyclic) bond motifs is 4. The predicted octanol–water partition coefficient (Wildman–Crippen LogP) is 4.10. The lowest BCUT2D eigenvalue weighted by molar-refractivity contribution is -0.135. The molecule has 0 aliphatic carbocycles. The second kappa shape index (κ2) is 8.91. The van der Waals surface area contributed by atoms with Crippen LogP contribution in [0.25, 0.3) is 22.3 Å². The second-order valence-electron chi connectivity index (χ2n) is 8.85. The van der Waals surface area contributed by atoms with Crippen LogP contribution in [0.2, 0.25) is 0 Å². The van der Waals surface area contributed by atoms with Crippen LogP contribution in [0.5, 0.6) is 40.2 Å². The summed E-state index contributed by atoms with van der Waals surface area (Å²) >= 11 is 0. The number of hydrogen-bond donors (Lipinski definition) is 2. The Morgan fingerprint density at radius 3 is 2.42 bits per heavy atom. The van der Waals surface area contributed by atoms with Crippen molar-refractivity contribution in [3.63, 3.8) is 0 Å². The predicted molar refractivity (Wildman–Crippen MR) is 134 cm³/mol. The van der Waals surface area contributed by atoms with Crippen LogP contribution in [0.1, 0.15) is 23.5 Å². The molecular formula is C28H22O10. The van der Waals surface area contributed by atoms with E-state index in [1.54, 1.807) is 24.3 Å². The first kappa shape index (κ1) is 23.5. The Morgan fingerprint density at radius 1 is 0.868 bits per heavy atom. The standard InChI is InChI=1S/C28H22O10/c1-33-19-4-3-13(7-16(19)29)20-11-17(30)26-18(31)12-21-25(28(26)38-20)15(10-24(32)37-21)14-8-22(34-2)27-23(9-14)35-5-6-36-27/h3-4,7-9,11-12,15,29,31H,5-6,10H2,1-2H3/t15-/m0/s1. The van der Waals surface area contributed by atoms with E-state index in [2.05, 4.69) is 0 Å². The molecule has 0 spiro atoms. The van der Waals surface area contributed by atoms with Gasteiger partial charge in [-0.2, -0.15) is 0 Å². The van der Waals surface area contributed by atoms with E-state index in [1.807, 2.05) is 0 Å². The normalized spacial score (nSPS) is 16.1. The zero-order valence-electron chi connectivity index (χ0n) is 20.4. The van der Waals surface area contributed by atoms with Crippen molar-refractivity contribution in [2.45, 2.75) is 12.3 Å². The third kappa shape index (κ3) is 3.73. The van der Waals surface area contributed by atoms with Crippen LogP contribution in [0.3, 0.4) is 0 Å². The lowest BCUT2D eigenvalue weighted by Crippen LogP contribution is -2.22. The van der Waals surface area contributed by atoms with Crippen LogP contribution in [0.15, 0.2) is 51.7 Å². The highest BCUT2D eigenvalue weighted by atomic mass is 16.6. The van der Waals surface area contributed by atoms with Gasteiger partial charge in [-0.05, 0) is 35.9 Å². The number of methoxy groups -OCH3 is 2. The van der Waals surface area contributed by atoms with Crippen molar-refractivity contribution in [2.24, 2.45) is 0 Å². The van der Waals surface area contributed by atoms with Crippen LogP contribution in [0, 0.1) is 0 Å². The number of phenols is 2. The van der Waals surface area contributed by atoms with Gasteiger partial charge in [0.25, 0.3) is 0 Å². The number of benzene rings is 3. The van der Waals surface area contributed by atoms with Crippen molar-refractivity contribution >= 4 is 16.9 Å². The summed E-state index contributed by atoms with van der Waals surface area (Å²) in [7, 11) is 2.93. The fraction of sp³-hybridized carbons (Fsp3) is 0.214. The average molecular weight is 518 g/mol. The summed E-state index contributed by atoms with van der Waals surface area (Å²) in [5.41, 5.74) is 1.01. The summed E-state index contributed by atoms with van der Waals surface area (Å²) in [6.07, 6.45) is -0.0626. The van der Waals surface area contributed by atoms with Crippen LogP contribution in [0.4, 0.5) is 0 Å². The van der Waals surface area contributed by atoms with Crippen LogP contribution < -0.4 is 29.1 Å². The first-order chi connectivity index (χ1) is 18.4. The topological polar surface area (TPSA) is 134 Å². The van der Waals surface area contributed by atoms with Gasteiger partial charge in [0.15, 0.2) is 28.4 Å². The number of hydrogen-bond acceptors (Lipinski definition) is 10. The summed E-state index contributed by atoms with van der Waals surface area (Å²) in [5.74, 6) is 0.158. The van der Waals surface area contributed by atoms with Gasteiger partial charge in [0, 0.05) is 29.2 Å². The summed E-state index contributed by atoms with van der Waals surface area (Å²) in [5, 5.41) is 20.9. The van der Waals surface area contributed by atoms with Crippen molar-refractivity contribution in [3.8, 4) is 51.6 Å². The summed E-state index contributed by atoms with van der Waals surface area (Å²) in [6, 6.07) is 10.5. The molecule has 2 aliphatic rings. The highest BCUT2D eigenvalue weighted by Crippen LogP contribution is 2.49. The molecule has 0 saturated carbocycles. The van der Waals surface area contributed by atoms with E-state index in [9.17, 15) is 19.8 Å². The van der Waals surface area contributed by atoms with E-state index >= 15 is 0 Å². The molecule has 3 aromatic carbocycles. The van der Waals surface area contributed by atoms with E-state index in [0.29, 0.717) is 47.2 Å². The van der Waals surface area contributed by atoms with Gasteiger partial charge in [-0.15, -0.1) is 0 Å². The lowest BCUT2D eigenvalue weighted by Gasteiger charge is -2.28. The Morgan fingerprint density at radius 2 is 1.66 bits per heavy atom. The third-order valence-corrected chi connectivity index (χ3v) is 6.64. The number of aromatic hydroxyl groups is 2. The van der Waals surface area contributed by atoms with Crippen molar-refractivity contribution in [3.05, 3.63) is 63.8 Å². The van der Waals surface area contributed by atoms with Gasteiger partial charge < -0.3 is 38.3 Å². The zero-order chi connectivity index (χ0) is 26.6. The average Bonchev–Trinajstić information content (AvgIpc) is 2.91. The van der Waals surface area contributed by atoms with E-state index in [4.69, 9.17) is 28.1 Å². The lowest BCUT2D eigenvalue weighted by atomic mass is 9.84. The molecule has 1 atom stereocenters. The van der Waals surface area contributed by atoms with Crippen molar-refractivity contribution in [1.82, 2.24) is 0 Å². The van der Waals surface area contributed by atoms with Gasteiger partial charge in [-0.1, -0.05) is 0 Å². The Kier molecular flexibility index (Phi) is 5.52. The highest BCUT2D eigenvalue weighted by Gasteiger charge is 2.35. The van der Waals surface area contributed by atoms with Crippen LogP contribution >= 0.6 is 0 Å². The van der Waals surface area contributed by atoms with Gasteiger partial charge in [0.1, 0.15) is 41.4 Å². The molecule has 1 aromatic heterocycles. The van der Waals surface area contributed by atoms with Gasteiger partial charge >= 0.3 is 5.97 Å². The molecule has 0 fully saturated rings. The van der Waals surface area contributed by atoms with Gasteiger partial charge in [-0.25, -0.2) is 0 Å². The zero-order valence-corrected chi connectivity index (χ0v) is 20.4. The highest BCUT2D eigenvalue weighted by molar-refractivity contribution is 5.93. The minimum Gasteiger partial charge on any atom is -0.507 e. The maximum absolute atomic E-state index is 13.2. The van der Waals surface area contributed by atoms with Crippen LogP contribution in [-0.4, -0.2) is 43.6 Å². The minimum atomic E-state index is -0.623. The van der Waals surface area contributed by atoms with Crippen molar-refractivity contribution in [2.75, 3.05) is 27.4 Å². The molecule has 0 unspecified atom stereocenters.